The molecule has 3 rings (SSSR count). The molecule has 1 aliphatic rings. The highest BCUT2D eigenvalue weighted by Crippen LogP contribution is 2.13. The van der Waals surface area contributed by atoms with Crippen molar-refractivity contribution in [2.45, 2.75) is 19.9 Å². The summed E-state index contributed by atoms with van der Waals surface area (Å²) in [5.74, 6) is -2.77. The summed E-state index contributed by atoms with van der Waals surface area (Å²) in [6.45, 7) is 6.40. The van der Waals surface area contributed by atoms with Crippen LogP contribution in [0, 0.1) is 18.6 Å². The molecule has 0 bridgehead atoms. The zero-order valence-corrected chi connectivity index (χ0v) is 17.7. The Morgan fingerprint density at radius 3 is 2.35 bits per heavy atom. The van der Waals surface area contributed by atoms with E-state index in [-0.39, 0.29) is 24.7 Å². The number of nitrogens with one attached hydrogen (secondary N) is 2. The molecule has 0 saturated carbocycles. The number of hydrogen-bond acceptors (Lipinski definition) is 4. The van der Waals surface area contributed by atoms with Gasteiger partial charge in [0.15, 0.2) is 11.6 Å². The van der Waals surface area contributed by atoms with Gasteiger partial charge in [0.05, 0.1) is 13.1 Å². The number of amides is 2. The lowest BCUT2D eigenvalue weighted by molar-refractivity contribution is -0.125. The molecule has 2 aromatic rings. The molecule has 0 aliphatic carbocycles. The van der Waals surface area contributed by atoms with Crippen molar-refractivity contribution in [3.63, 3.8) is 0 Å². The number of carbonyl (C=O) groups is 2. The van der Waals surface area contributed by atoms with Crippen molar-refractivity contribution in [2.24, 2.45) is 0 Å². The largest absolute Gasteiger partial charge is 0.346 e. The van der Waals surface area contributed by atoms with Crippen LogP contribution in [0.1, 0.15) is 17.5 Å². The molecule has 31 heavy (non-hydrogen) atoms. The number of nitrogens with zero attached hydrogens (tertiary/aromatic N) is 2. The smallest absolute Gasteiger partial charge is 0.243 e. The van der Waals surface area contributed by atoms with Gasteiger partial charge in [-0.15, -0.1) is 0 Å². The van der Waals surface area contributed by atoms with Crippen molar-refractivity contribution in [1.29, 1.82) is 0 Å². The van der Waals surface area contributed by atoms with Crippen LogP contribution in [0.3, 0.4) is 0 Å². The lowest BCUT2D eigenvalue weighted by atomic mass is 10.1. The molecule has 0 radical (unpaired) electrons. The molecular weight excluding hydrogens is 402 g/mol. The number of hydrogen-bond donors (Lipinski definition) is 2. The Kier molecular flexibility index (Phi) is 8.08. The number of benzene rings is 2. The van der Waals surface area contributed by atoms with Crippen LogP contribution in [0.2, 0.25) is 0 Å². The maximum absolute atomic E-state index is 13.2. The molecule has 0 atom stereocenters. The van der Waals surface area contributed by atoms with Crippen molar-refractivity contribution >= 4 is 17.5 Å². The summed E-state index contributed by atoms with van der Waals surface area (Å²) in [5, 5.41) is 5.01. The second-order valence-corrected chi connectivity index (χ2v) is 7.85. The zero-order chi connectivity index (χ0) is 22.2. The Morgan fingerprint density at radius 2 is 1.61 bits per heavy atom. The van der Waals surface area contributed by atoms with E-state index >= 15 is 0 Å². The van der Waals surface area contributed by atoms with E-state index < -0.39 is 17.5 Å². The summed E-state index contributed by atoms with van der Waals surface area (Å²) in [6.07, 6.45) is 0.968. The van der Waals surface area contributed by atoms with Gasteiger partial charge in [-0.05, 0) is 44.1 Å². The van der Waals surface area contributed by atoms with Crippen LogP contribution in [0.4, 0.5) is 14.5 Å². The zero-order valence-electron chi connectivity index (χ0n) is 17.7. The molecule has 0 aromatic heterocycles. The topological polar surface area (TPSA) is 64.7 Å². The third kappa shape index (κ3) is 7.41. The highest BCUT2D eigenvalue weighted by Gasteiger charge is 2.17. The number of halogens is 2. The Morgan fingerprint density at radius 1 is 0.903 bits per heavy atom. The fourth-order valence-electron chi connectivity index (χ4n) is 3.51. The van der Waals surface area contributed by atoms with Gasteiger partial charge in [0.25, 0.3) is 0 Å². The SMILES string of the molecule is Cc1ccc(CN2CCCN(CC(=O)NCC(=O)Nc3ccc(F)c(F)c3)CC2)cc1. The van der Waals surface area contributed by atoms with Gasteiger partial charge in [-0.3, -0.25) is 19.4 Å². The van der Waals surface area contributed by atoms with E-state index in [1.54, 1.807) is 0 Å². The van der Waals surface area contributed by atoms with Gasteiger partial charge in [0.1, 0.15) is 0 Å². The van der Waals surface area contributed by atoms with Gasteiger partial charge < -0.3 is 10.6 Å². The van der Waals surface area contributed by atoms with Gasteiger partial charge in [-0.25, -0.2) is 8.78 Å². The van der Waals surface area contributed by atoms with Crippen LogP contribution in [0.5, 0.6) is 0 Å². The van der Waals surface area contributed by atoms with Gasteiger partial charge in [-0.1, -0.05) is 29.8 Å². The average Bonchev–Trinajstić information content (AvgIpc) is 2.96. The standard InChI is InChI=1S/C23H28F2N4O2/c1-17-3-5-18(6-4-17)15-28-9-2-10-29(12-11-28)16-23(31)26-14-22(30)27-19-7-8-20(24)21(25)13-19/h3-8,13H,2,9-12,14-16H2,1H3,(H,26,31)(H,27,30). The minimum atomic E-state index is -1.04. The number of anilines is 1. The van der Waals surface area contributed by atoms with Gasteiger partial charge >= 0.3 is 0 Å². The molecule has 2 N–H and O–H groups in total. The summed E-state index contributed by atoms with van der Waals surface area (Å²) in [4.78, 5) is 28.6. The van der Waals surface area contributed by atoms with Crippen molar-refractivity contribution in [2.75, 3.05) is 44.6 Å². The molecule has 2 aromatic carbocycles. The van der Waals surface area contributed by atoms with E-state index in [0.717, 1.165) is 51.3 Å². The number of aryl methyl sites for hydroxylation is 1. The van der Waals surface area contributed by atoms with Crippen molar-refractivity contribution < 1.29 is 18.4 Å². The van der Waals surface area contributed by atoms with Crippen LogP contribution >= 0.6 is 0 Å². The Balaban J connectivity index is 1.38. The lowest BCUT2D eigenvalue weighted by Crippen LogP contribution is -2.41. The number of carbonyl (C=O) groups excluding carboxylic acids is 2. The normalized spacial score (nSPS) is 15.3. The Labute approximate surface area is 181 Å². The fourth-order valence-corrected chi connectivity index (χ4v) is 3.51. The summed E-state index contributed by atoms with van der Waals surface area (Å²) in [7, 11) is 0. The lowest BCUT2D eigenvalue weighted by Gasteiger charge is -2.21. The number of rotatable bonds is 7. The van der Waals surface area contributed by atoms with Crippen LogP contribution in [0.25, 0.3) is 0 Å². The molecule has 6 nitrogen and oxygen atoms in total. The molecule has 2 amide bonds. The van der Waals surface area contributed by atoms with Crippen molar-refractivity contribution in [1.82, 2.24) is 15.1 Å². The van der Waals surface area contributed by atoms with E-state index in [4.69, 9.17) is 0 Å². The van der Waals surface area contributed by atoms with Crippen LogP contribution in [-0.4, -0.2) is 60.9 Å². The summed E-state index contributed by atoms with van der Waals surface area (Å²) in [5.41, 5.74) is 2.67. The van der Waals surface area contributed by atoms with Crippen LogP contribution in [0.15, 0.2) is 42.5 Å². The summed E-state index contributed by atoms with van der Waals surface area (Å²) in [6, 6.07) is 11.6. The van der Waals surface area contributed by atoms with Gasteiger partial charge in [-0.2, -0.15) is 0 Å². The predicted octanol–water partition coefficient (Wildman–Crippen LogP) is 2.54. The monoisotopic (exact) mass is 430 g/mol. The molecule has 0 spiro atoms. The first-order valence-electron chi connectivity index (χ1n) is 10.4. The van der Waals surface area contributed by atoms with Crippen LogP contribution in [-0.2, 0) is 16.1 Å². The quantitative estimate of drug-likeness (QED) is 0.709. The first kappa shape index (κ1) is 22.8. The maximum atomic E-state index is 13.2. The van der Waals surface area contributed by atoms with E-state index in [1.807, 2.05) is 0 Å². The second kappa shape index (κ2) is 11.0. The highest BCUT2D eigenvalue weighted by molar-refractivity contribution is 5.94. The third-order valence-electron chi connectivity index (χ3n) is 5.22. The molecule has 8 heteroatoms. The summed E-state index contributed by atoms with van der Waals surface area (Å²) >= 11 is 0. The van der Waals surface area contributed by atoms with E-state index in [1.165, 1.54) is 17.2 Å². The van der Waals surface area contributed by atoms with E-state index in [0.29, 0.717) is 0 Å². The third-order valence-corrected chi connectivity index (χ3v) is 5.22. The minimum Gasteiger partial charge on any atom is -0.346 e. The Hall–Kier alpha value is -2.84. The summed E-state index contributed by atoms with van der Waals surface area (Å²) < 4.78 is 26.1. The van der Waals surface area contributed by atoms with E-state index in [2.05, 4.69) is 51.6 Å². The predicted molar refractivity (Wildman–Crippen MR) is 116 cm³/mol. The van der Waals surface area contributed by atoms with Gasteiger partial charge in [0.2, 0.25) is 11.8 Å². The first-order chi connectivity index (χ1) is 14.9. The molecule has 1 aliphatic heterocycles. The molecule has 1 saturated heterocycles. The highest BCUT2D eigenvalue weighted by atomic mass is 19.2. The van der Waals surface area contributed by atoms with Crippen molar-refractivity contribution in [3.05, 3.63) is 65.2 Å². The molecule has 0 unspecified atom stereocenters. The molecular formula is C23H28F2N4O2. The van der Waals surface area contributed by atoms with Crippen molar-refractivity contribution in [3.8, 4) is 0 Å². The molecule has 1 heterocycles. The Bertz CT molecular complexity index is 905. The van der Waals surface area contributed by atoms with Crippen LogP contribution < -0.4 is 10.6 Å². The fraction of sp³-hybridized carbons (Fsp3) is 0.391. The minimum absolute atomic E-state index is 0.138. The molecule has 1 fully saturated rings. The molecule has 166 valence electrons. The average molecular weight is 430 g/mol. The second-order valence-electron chi connectivity index (χ2n) is 7.85. The van der Waals surface area contributed by atoms with E-state index in [9.17, 15) is 18.4 Å². The first-order valence-corrected chi connectivity index (χ1v) is 10.4. The maximum Gasteiger partial charge on any atom is 0.243 e. The van der Waals surface area contributed by atoms with Gasteiger partial charge in [0, 0.05) is 31.4 Å².